The third kappa shape index (κ3) is 2.91. The smallest absolute Gasteiger partial charge is 0.257 e. The number of aryl methyl sites for hydroxylation is 1. The van der Waals surface area contributed by atoms with E-state index < -0.39 is 27.8 Å². The van der Waals surface area contributed by atoms with E-state index in [9.17, 15) is 17.2 Å². The second kappa shape index (κ2) is 5.34. The molecule has 6 nitrogen and oxygen atoms in total. The highest BCUT2D eigenvalue weighted by Crippen LogP contribution is 2.50. The molecule has 1 aromatic rings. The highest BCUT2D eigenvalue weighted by molar-refractivity contribution is 7.88. The van der Waals surface area contributed by atoms with Crippen molar-refractivity contribution in [3.8, 4) is 0 Å². The Morgan fingerprint density at radius 3 is 2.48 bits per heavy atom. The molecule has 0 aliphatic carbocycles. The Kier molecular flexibility index (Phi) is 3.83. The molecule has 0 amide bonds. The first-order chi connectivity index (χ1) is 10.6. The molecule has 9 heteroatoms. The molecule has 2 saturated heterocycles. The normalized spacial score (nSPS) is 28.4. The monoisotopic (exact) mass is 346 g/mol. The van der Waals surface area contributed by atoms with Crippen LogP contribution in [-0.2, 0) is 10.0 Å². The minimum Gasteiger partial charge on any atom is -0.354 e. The molecule has 0 radical (unpaired) electrons. The molecule has 0 bridgehead atoms. The van der Waals surface area contributed by atoms with E-state index in [1.165, 1.54) is 4.31 Å². The van der Waals surface area contributed by atoms with E-state index in [1.807, 2.05) is 6.92 Å². The third-order valence-corrected chi connectivity index (χ3v) is 6.11. The first-order valence-electron chi connectivity index (χ1n) is 7.51. The Morgan fingerprint density at radius 1 is 1.13 bits per heavy atom. The summed E-state index contributed by atoms with van der Waals surface area (Å²) >= 11 is 0. The van der Waals surface area contributed by atoms with Crippen LogP contribution in [0.5, 0.6) is 0 Å². The van der Waals surface area contributed by atoms with Crippen LogP contribution in [0.15, 0.2) is 12.1 Å². The highest BCUT2D eigenvalue weighted by atomic mass is 32.2. The molecule has 1 spiro atoms. The first kappa shape index (κ1) is 16.5. The van der Waals surface area contributed by atoms with Crippen molar-refractivity contribution in [1.82, 2.24) is 14.5 Å². The van der Waals surface area contributed by atoms with E-state index in [1.54, 1.807) is 17.0 Å². The number of nitrogens with zero attached hydrogens (tertiary/aromatic N) is 4. The van der Waals surface area contributed by atoms with Crippen LogP contribution in [0, 0.1) is 12.3 Å². The Hall–Kier alpha value is -1.35. The predicted molar refractivity (Wildman–Crippen MR) is 82.0 cm³/mol. The molecule has 128 valence electrons. The molecule has 1 aromatic heterocycles. The average molecular weight is 346 g/mol. The van der Waals surface area contributed by atoms with Gasteiger partial charge in [-0.15, -0.1) is 5.10 Å². The van der Waals surface area contributed by atoms with Crippen molar-refractivity contribution < 1.29 is 17.2 Å². The summed E-state index contributed by atoms with van der Waals surface area (Å²) in [6.45, 7) is 2.04. The first-order valence-corrected chi connectivity index (χ1v) is 9.36. The Morgan fingerprint density at radius 2 is 1.87 bits per heavy atom. The van der Waals surface area contributed by atoms with Crippen molar-refractivity contribution in [2.75, 3.05) is 37.3 Å². The van der Waals surface area contributed by atoms with Gasteiger partial charge in [0.05, 0.1) is 17.4 Å². The Balaban J connectivity index is 1.86. The summed E-state index contributed by atoms with van der Waals surface area (Å²) in [4.78, 5) is 1.77. The van der Waals surface area contributed by atoms with Crippen LogP contribution in [0.1, 0.15) is 18.5 Å². The van der Waals surface area contributed by atoms with Crippen molar-refractivity contribution in [3.63, 3.8) is 0 Å². The molecule has 1 atom stereocenters. The van der Waals surface area contributed by atoms with Gasteiger partial charge in [-0.1, -0.05) is 0 Å². The molecule has 0 aromatic carbocycles. The molecule has 1 unspecified atom stereocenters. The number of piperidine rings is 1. The topological polar surface area (TPSA) is 66.4 Å². The summed E-state index contributed by atoms with van der Waals surface area (Å²) in [6, 6.07) is 3.55. The Labute approximate surface area is 134 Å². The van der Waals surface area contributed by atoms with Gasteiger partial charge in [-0.05, 0) is 25.5 Å². The lowest BCUT2D eigenvalue weighted by molar-refractivity contribution is -0.145. The fourth-order valence-corrected chi connectivity index (χ4v) is 4.31. The SMILES string of the molecule is Cc1ccc(N2CCC3(C2)CN(S(C)(=O)=O)CCC3(F)F)nn1. The molecule has 3 heterocycles. The van der Waals surface area contributed by atoms with Gasteiger partial charge in [0.25, 0.3) is 5.92 Å². The second-order valence-corrected chi connectivity index (χ2v) is 8.52. The van der Waals surface area contributed by atoms with Gasteiger partial charge in [-0.3, -0.25) is 0 Å². The van der Waals surface area contributed by atoms with Crippen molar-refractivity contribution in [2.45, 2.75) is 25.7 Å². The van der Waals surface area contributed by atoms with E-state index in [-0.39, 0.29) is 26.1 Å². The Bertz CT molecular complexity index is 695. The van der Waals surface area contributed by atoms with Crippen LogP contribution in [0.3, 0.4) is 0 Å². The fraction of sp³-hybridized carbons (Fsp3) is 0.714. The van der Waals surface area contributed by atoms with Gasteiger partial charge in [-0.25, -0.2) is 21.5 Å². The van der Waals surface area contributed by atoms with Crippen molar-refractivity contribution in [3.05, 3.63) is 17.8 Å². The third-order valence-electron chi connectivity index (χ3n) is 4.86. The zero-order valence-corrected chi connectivity index (χ0v) is 14.0. The van der Waals surface area contributed by atoms with Crippen LogP contribution in [-0.4, -0.2) is 61.3 Å². The van der Waals surface area contributed by atoms with E-state index in [2.05, 4.69) is 10.2 Å². The van der Waals surface area contributed by atoms with Gasteiger partial charge in [0.2, 0.25) is 10.0 Å². The number of hydrogen-bond acceptors (Lipinski definition) is 5. The molecular weight excluding hydrogens is 326 g/mol. The number of aromatic nitrogens is 2. The minimum atomic E-state index is -3.47. The van der Waals surface area contributed by atoms with Gasteiger partial charge in [-0.2, -0.15) is 5.10 Å². The molecule has 0 N–H and O–H groups in total. The van der Waals surface area contributed by atoms with Crippen LogP contribution in [0.25, 0.3) is 0 Å². The van der Waals surface area contributed by atoms with Crippen molar-refractivity contribution in [1.29, 1.82) is 0 Å². The maximum atomic E-state index is 14.6. The number of sulfonamides is 1. The van der Waals surface area contributed by atoms with Crippen LogP contribution >= 0.6 is 0 Å². The lowest BCUT2D eigenvalue weighted by Gasteiger charge is -2.44. The summed E-state index contributed by atoms with van der Waals surface area (Å²) in [6.07, 6.45) is 0.872. The average Bonchev–Trinajstić information content (AvgIpc) is 2.88. The second-order valence-electron chi connectivity index (χ2n) is 6.54. The van der Waals surface area contributed by atoms with Crippen molar-refractivity contribution in [2.24, 2.45) is 5.41 Å². The predicted octanol–water partition coefficient (Wildman–Crippen LogP) is 1.28. The van der Waals surface area contributed by atoms with E-state index in [4.69, 9.17) is 0 Å². The number of rotatable bonds is 2. The summed E-state index contributed by atoms with van der Waals surface area (Å²) < 4.78 is 53.9. The van der Waals surface area contributed by atoms with Gasteiger partial charge in [0.1, 0.15) is 0 Å². The van der Waals surface area contributed by atoms with Gasteiger partial charge in [0, 0.05) is 32.6 Å². The molecule has 2 aliphatic rings. The van der Waals surface area contributed by atoms with Gasteiger partial charge < -0.3 is 4.90 Å². The largest absolute Gasteiger partial charge is 0.354 e. The van der Waals surface area contributed by atoms with Crippen LogP contribution in [0.4, 0.5) is 14.6 Å². The van der Waals surface area contributed by atoms with E-state index >= 15 is 0 Å². The van der Waals surface area contributed by atoms with Gasteiger partial charge >= 0.3 is 0 Å². The summed E-state index contributed by atoms with van der Waals surface area (Å²) in [5.74, 6) is -2.33. The maximum Gasteiger partial charge on any atom is 0.257 e. The molecule has 23 heavy (non-hydrogen) atoms. The molecule has 2 fully saturated rings. The summed E-state index contributed by atoms with van der Waals surface area (Å²) in [7, 11) is -3.47. The number of anilines is 1. The van der Waals surface area contributed by atoms with Crippen LogP contribution in [0.2, 0.25) is 0 Å². The quantitative estimate of drug-likeness (QED) is 0.807. The highest BCUT2D eigenvalue weighted by Gasteiger charge is 2.60. The molecule has 2 aliphatic heterocycles. The lowest BCUT2D eigenvalue weighted by atomic mass is 9.76. The maximum absolute atomic E-state index is 14.6. The number of hydrogen-bond donors (Lipinski definition) is 0. The van der Waals surface area contributed by atoms with Gasteiger partial charge in [0.15, 0.2) is 5.82 Å². The molecular formula is C14H20F2N4O2S. The van der Waals surface area contributed by atoms with Crippen LogP contribution < -0.4 is 4.90 Å². The molecule has 3 rings (SSSR count). The lowest BCUT2D eigenvalue weighted by Crippen LogP contribution is -2.58. The van der Waals surface area contributed by atoms with E-state index in [0.717, 1.165) is 11.9 Å². The fourth-order valence-electron chi connectivity index (χ4n) is 3.40. The summed E-state index contributed by atoms with van der Waals surface area (Å²) in [5, 5.41) is 8.02. The number of halogens is 2. The number of alkyl halides is 2. The minimum absolute atomic E-state index is 0.0871. The van der Waals surface area contributed by atoms with Crippen molar-refractivity contribution >= 4 is 15.8 Å². The zero-order valence-electron chi connectivity index (χ0n) is 13.2. The zero-order chi connectivity index (χ0) is 16.9. The standard InChI is InChI=1S/C14H20F2N4O2S/c1-11-3-4-12(18-17-11)19-7-5-13(9-19)10-20(23(2,21)22)8-6-14(13,15)16/h3-4H,5-10H2,1-2H3. The summed E-state index contributed by atoms with van der Waals surface area (Å²) in [5.41, 5.74) is -0.602. The molecule has 0 saturated carbocycles. The van der Waals surface area contributed by atoms with E-state index in [0.29, 0.717) is 12.4 Å².